The average Bonchev–Trinajstić information content (AvgIpc) is 3.61. The number of anilines is 2. The zero-order chi connectivity index (χ0) is 20.0. The van der Waals surface area contributed by atoms with Crippen molar-refractivity contribution in [2.24, 2.45) is 0 Å². The second-order valence-electron chi connectivity index (χ2n) is 7.65. The number of benzene rings is 1. The molecule has 3 heterocycles. The summed E-state index contributed by atoms with van der Waals surface area (Å²) in [6.07, 6.45) is 8.40. The molecule has 1 amide bonds. The van der Waals surface area contributed by atoms with Gasteiger partial charge in [-0.15, -0.1) is 0 Å². The van der Waals surface area contributed by atoms with Crippen LogP contribution in [0.15, 0.2) is 55.0 Å². The van der Waals surface area contributed by atoms with Crippen LogP contribution >= 0.6 is 0 Å². The van der Waals surface area contributed by atoms with E-state index in [-0.39, 0.29) is 11.9 Å². The minimum absolute atomic E-state index is 0.122. The molecule has 0 bridgehead atoms. The topological polar surface area (TPSA) is 62.2 Å². The highest BCUT2D eigenvalue weighted by atomic mass is 16.2. The first kappa shape index (κ1) is 17.8. The van der Waals surface area contributed by atoms with E-state index in [9.17, 15) is 4.79 Å². The molecule has 1 aliphatic carbocycles. The van der Waals surface area contributed by atoms with Gasteiger partial charge in [-0.3, -0.25) is 9.78 Å². The standard InChI is InChI=1S/C23H23N5O/c1-3-19-23(29)27(2)20-14-25-21(26-22(20)28(19)16-9-10-16)17-11-12-24-13-18(17)15-7-5-4-6-8-15/h4-8,11-14,16,19H,3,9-10H2,1-2H3/t19-/m1/s1. The van der Waals surface area contributed by atoms with E-state index < -0.39 is 0 Å². The molecule has 29 heavy (non-hydrogen) atoms. The van der Waals surface area contributed by atoms with Crippen LogP contribution in [0.1, 0.15) is 26.2 Å². The van der Waals surface area contributed by atoms with Gasteiger partial charge >= 0.3 is 0 Å². The molecule has 0 radical (unpaired) electrons. The maximum atomic E-state index is 12.9. The summed E-state index contributed by atoms with van der Waals surface area (Å²) in [5.74, 6) is 1.65. The molecule has 1 saturated carbocycles. The third-order valence-electron chi connectivity index (χ3n) is 5.78. The summed E-state index contributed by atoms with van der Waals surface area (Å²) >= 11 is 0. The Morgan fingerprint density at radius 1 is 1.07 bits per heavy atom. The van der Waals surface area contributed by atoms with Crippen LogP contribution in [0, 0.1) is 0 Å². The highest BCUT2D eigenvalue weighted by molar-refractivity contribution is 6.04. The van der Waals surface area contributed by atoms with Crippen molar-refractivity contribution in [1.82, 2.24) is 15.0 Å². The number of carbonyl (C=O) groups excluding carboxylic acids is 1. The molecule has 1 aliphatic heterocycles. The van der Waals surface area contributed by atoms with Gasteiger partial charge in [0.2, 0.25) is 5.91 Å². The van der Waals surface area contributed by atoms with Crippen LogP contribution in [0.4, 0.5) is 11.5 Å². The van der Waals surface area contributed by atoms with Crippen LogP contribution in [0.5, 0.6) is 0 Å². The van der Waals surface area contributed by atoms with Gasteiger partial charge in [0.05, 0.1) is 6.20 Å². The van der Waals surface area contributed by atoms with Crippen molar-refractivity contribution in [3.63, 3.8) is 0 Å². The van der Waals surface area contributed by atoms with Gasteiger partial charge in [-0.1, -0.05) is 37.3 Å². The third kappa shape index (κ3) is 2.95. The van der Waals surface area contributed by atoms with Crippen molar-refractivity contribution in [3.05, 3.63) is 55.0 Å². The number of carbonyl (C=O) groups is 1. The first-order chi connectivity index (χ1) is 14.2. The van der Waals surface area contributed by atoms with Crippen molar-refractivity contribution in [2.75, 3.05) is 16.8 Å². The SMILES string of the molecule is CC[C@@H]1C(=O)N(C)c2cnc(-c3ccncc3-c3ccccc3)nc2N1C1CC1. The van der Waals surface area contributed by atoms with E-state index in [2.05, 4.69) is 33.9 Å². The Morgan fingerprint density at radius 2 is 1.86 bits per heavy atom. The number of rotatable bonds is 4. The fourth-order valence-electron chi connectivity index (χ4n) is 4.12. The number of amides is 1. The minimum Gasteiger partial charge on any atom is -0.340 e. The van der Waals surface area contributed by atoms with Gasteiger partial charge in [0.25, 0.3) is 0 Å². The first-order valence-electron chi connectivity index (χ1n) is 10.1. The van der Waals surface area contributed by atoms with Crippen molar-refractivity contribution < 1.29 is 4.79 Å². The van der Waals surface area contributed by atoms with Gasteiger partial charge in [-0.2, -0.15) is 0 Å². The Labute approximate surface area is 170 Å². The highest BCUT2D eigenvalue weighted by Gasteiger charge is 2.44. The molecule has 2 aromatic heterocycles. The summed E-state index contributed by atoms with van der Waals surface area (Å²) in [5.41, 5.74) is 3.80. The van der Waals surface area contributed by atoms with E-state index >= 15 is 0 Å². The maximum Gasteiger partial charge on any atom is 0.249 e. The fourth-order valence-corrected chi connectivity index (χ4v) is 4.12. The lowest BCUT2D eigenvalue weighted by molar-refractivity contribution is -0.120. The Morgan fingerprint density at radius 3 is 2.59 bits per heavy atom. The third-order valence-corrected chi connectivity index (χ3v) is 5.78. The Kier molecular flexibility index (Phi) is 4.27. The first-order valence-corrected chi connectivity index (χ1v) is 10.1. The number of hydrogen-bond acceptors (Lipinski definition) is 5. The quantitative estimate of drug-likeness (QED) is 0.681. The van der Waals surface area contributed by atoms with Gasteiger partial charge < -0.3 is 9.80 Å². The molecule has 0 spiro atoms. The second kappa shape index (κ2) is 6.95. The molecule has 6 nitrogen and oxygen atoms in total. The largest absolute Gasteiger partial charge is 0.340 e. The highest BCUT2D eigenvalue weighted by Crippen LogP contribution is 2.42. The van der Waals surface area contributed by atoms with Gasteiger partial charge in [-0.25, -0.2) is 9.97 Å². The molecule has 5 rings (SSSR count). The number of likely N-dealkylation sites (N-methyl/N-ethyl adjacent to an activating group) is 1. The fraction of sp³-hybridized carbons (Fsp3) is 0.304. The molecular formula is C23H23N5O. The van der Waals surface area contributed by atoms with E-state index in [1.54, 1.807) is 17.3 Å². The summed E-state index contributed by atoms with van der Waals surface area (Å²) < 4.78 is 0. The molecule has 3 aromatic rings. The van der Waals surface area contributed by atoms with E-state index in [4.69, 9.17) is 4.98 Å². The lowest BCUT2D eigenvalue weighted by Gasteiger charge is -2.40. The minimum atomic E-state index is -0.159. The Balaban J connectivity index is 1.66. The Hall–Kier alpha value is -3.28. The van der Waals surface area contributed by atoms with E-state index in [1.165, 1.54) is 0 Å². The van der Waals surface area contributed by atoms with E-state index in [0.717, 1.165) is 47.5 Å². The van der Waals surface area contributed by atoms with Crippen LogP contribution in [0.2, 0.25) is 0 Å². The molecule has 1 fully saturated rings. The number of hydrogen-bond donors (Lipinski definition) is 0. The van der Waals surface area contributed by atoms with Crippen LogP contribution in [-0.4, -0.2) is 40.0 Å². The molecular weight excluding hydrogens is 362 g/mol. The van der Waals surface area contributed by atoms with Crippen LogP contribution in [0.25, 0.3) is 22.5 Å². The number of pyridine rings is 1. The van der Waals surface area contributed by atoms with Gasteiger partial charge in [0.15, 0.2) is 11.6 Å². The Bertz CT molecular complexity index is 1060. The number of aromatic nitrogens is 3. The summed E-state index contributed by atoms with van der Waals surface area (Å²) in [6.45, 7) is 2.06. The predicted octanol–water partition coefficient (Wildman–Crippen LogP) is 3.93. The van der Waals surface area contributed by atoms with E-state index in [1.807, 2.05) is 37.5 Å². The lowest BCUT2D eigenvalue weighted by atomic mass is 10.0. The average molecular weight is 385 g/mol. The molecule has 1 atom stereocenters. The monoisotopic (exact) mass is 385 g/mol. The molecule has 0 saturated heterocycles. The lowest BCUT2D eigenvalue weighted by Crippen LogP contribution is -2.53. The maximum absolute atomic E-state index is 12.9. The van der Waals surface area contributed by atoms with Crippen molar-refractivity contribution in [2.45, 2.75) is 38.3 Å². The molecule has 6 heteroatoms. The zero-order valence-electron chi connectivity index (χ0n) is 16.6. The van der Waals surface area contributed by atoms with Gasteiger partial charge in [-0.05, 0) is 30.9 Å². The molecule has 146 valence electrons. The van der Waals surface area contributed by atoms with Gasteiger partial charge in [0.1, 0.15) is 11.7 Å². The van der Waals surface area contributed by atoms with Crippen LogP contribution < -0.4 is 9.80 Å². The van der Waals surface area contributed by atoms with Gasteiger partial charge in [0, 0.05) is 36.6 Å². The summed E-state index contributed by atoms with van der Waals surface area (Å²) in [4.78, 5) is 30.8. The molecule has 1 aromatic carbocycles. The van der Waals surface area contributed by atoms with Crippen molar-refractivity contribution >= 4 is 17.4 Å². The molecule has 0 unspecified atom stereocenters. The van der Waals surface area contributed by atoms with E-state index in [0.29, 0.717) is 11.9 Å². The van der Waals surface area contributed by atoms with Crippen LogP contribution in [-0.2, 0) is 4.79 Å². The second-order valence-corrected chi connectivity index (χ2v) is 7.65. The summed E-state index contributed by atoms with van der Waals surface area (Å²) in [7, 11) is 1.82. The normalized spacial score (nSPS) is 18.7. The summed E-state index contributed by atoms with van der Waals surface area (Å²) in [6, 6.07) is 12.4. The zero-order valence-corrected chi connectivity index (χ0v) is 16.6. The molecule has 2 aliphatic rings. The molecule has 0 N–H and O–H groups in total. The number of fused-ring (bicyclic) bond motifs is 1. The predicted molar refractivity (Wildman–Crippen MR) is 114 cm³/mol. The summed E-state index contributed by atoms with van der Waals surface area (Å²) in [5, 5.41) is 0. The van der Waals surface area contributed by atoms with Crippen molar-refractivity contribution in [1.29, 1.82) is 0 Å². The van der Waals surface area contributed by atoms with Crippen LogP contribution in [0.3, 0.4) is 0 Å². The number of nitrogens with zero attached hydrogens (tertiary/aromatic N) is 5. The smallest absolute Gasteiger partial charge is 0.249 e. The van der Waals surface area contributed by atoms with Crippen molar-refractivity contribution in [3.8, 4) is 22.5 Å².